The Labute approximate surface area is 178 Å². The summed E-state index contributed by atoms with van der Waals surface area (Å²) in [6.45, 7) is 3.28. The minimum absolute atomic E-state index is 0.141. The van der Waals surface area contributed by atoms with Crippen LogP contribution < -0.4 is 14.8 Å². The summed E-state index contributed by atoms with van der Waals surface area (Å²) in [4.78, 5) is 12.8. The van der Waals surface area contributed by atoms with Crippen molar-refractivity contribution in [2.24, 2.45) is 5.92 Å². The number of piperidine rings is 1. The number of hydrogen-bond donors (Lipinski definition) is 1. The minimum Gasteiger partial charge on any atom is -0.497 e. The molecular formula is C22H28N2O5S. The zero-order chi connectivity index (χ0) is 21.6. The summed E-state index contributed by atoms with van der Waals surface area (Å²) in [6.07, 6.45) is 1.31. The largest absolute Gasteiger partial charge is 0.497 e. The maximum Gasteiger partial charge on any atom is 0.243 e. The van der Waals surface area contributed by atoms with Crippen LogP contribution in [0.4, 0.5) is 0 Å². The van der Waals surface area contributed by atoms with E-state index in [1.807, 2.05) is 31.2 Å². The second-order valence-electron chi connectivity index (χ2n) is 7.28. The first kappa shape index (κ1) is 22.1. The lowest BCUT2D eigenvalue weighted by Crippen LogP contribution is -2.45. The van der Waals surface area contributed by atoms with E-state index in [2.05, 4.69) is 5.32 Å². The van der Waals surface area contributed by atoms with Gasteiger partial charge in [-0.15, -0.1) is 0 Å². The van der Waals surface area contributed by atoms with Crippen LogP contribution in [0.3, 0.4) is 0 Å². The summed E-state index contributed by atoms with van der Waals surface area (Å²) in [5, 5.41) is 2.87. The summed E-state index contributed by atoms with van der Waals surface area (Å²) in [6, 6.07) is 14.0. The molecule has 1 aliphatic heterocycles. The van der Waals surface area contributed by atoms with Crippen LogP contribution in [0, 0.1) is 12.8 Å². The van der Waals surface area contributed by atoms with Crippen molar-refractivity contribution in [3.05, 3.63) is 54.1 Å². The second-order valence-corrected chi connectivity index (χ2v) is 9.22. The molecular weight excluding hydrogens is 404 g/mol. The van der Waals surface area contributed by atoms with E-state index in [4.69, 9.17) is 9.47 Å². The van der Waals surface area contributed by atoms with Gasteiger partial charge in [-0.3, -0.25) is 4.79 Å². The van der Waals surface area contributed by atoms with E-state index < -0.39 is 10.0 Å². The highest BCUT2D eigenvalue weighted by Gasteiger charge is 2.33. The molecule has 0 aromatic heterocycles. The molecule has 3 rings (SSSR count). The van der Waals surface area contributed by atoms with Crippen LogP contribution in [0.5, 0.6) is 11.5 Å². The number of carbonyl (C=O) groups is 1. The van der Waals surface area contributed by atoms with Crippen LogP contribution in [0.2, 0.25) is 0 Å². The Morgan fingerprint density at radius 3 is 2.60 bits per heavy atom. The molecule has 162 valence electrons. The van der Waals surface area contributed by atoms with E-state index in [1.54, 1.807) is 12.1 Å². The monoisotopic (exact) mass is 432 g/mol. The van der Waals surface area contributed by atoms with Crippen molar-refractivity contribution in [2.75, 3.05) is 33.4 Å². The van der Waals surface area contributed by atoms with Crippen molar-refractivity contribution < 1.29 is 22.7 Å². The Morgan fingerprint density at radius 2 is 1.90 bits per heavy atom. The van der Waals surface area contributed by atoms with Gasteiger partial charge < -0.3 is 14.8 Å². The normalized spacial score (nSPS) is 17.3. The Morgan fingerprint density at radius 1 is 1.17 bits per heavy atom. The van der Waals surface area contributed by atoms with Gasteiger partial charge in [0.15, 0.2) is 0 Å². The number of rotatable bonds is 8. The van der Waals surface area contributed by atoms with Gasteiger partial charge in [-0.25, -0.2) is 8.42 Å². The van der Waals surface area contributed by atoms with Crippen molar-refractivity contribution >= 4 is 15.9 Å². The molecule has 7 nitrogen and oxygen atoms in total. The molecule has 1 heterocycles. The summed E-state index contributed by atoms with van der Waals surface area (Å²) in [5.74, 6) is 0.877. The van der Waals surface area contributed by atoms with Crippen molar-refractivity contribution in [1.82, 2.24) is 9.62 Å². The number of benzene rings is 2. The Kier molecular flexibility index (Phi) is 7.33. The number of ether oxygens (including phenoxy) is 2. The van der Waals surface area contributed by atoms with Crippen LogP contribution >= 0.6 is 0 Å². The van der Waals surface area contributed by atoms with Gasteiger partial charge in [-0.2, -0.15) is 4.31 Å². The smallest absolute Gasteiger partial charge is 0.243 e. The molecule has 8 heteroatoms. The quantitative estimate of drug-likeness (QED) is 0.648. The van der Waals surface area contributed by atoms with Crippen molar-refractivity contribution in [1.29, 1.82) is 0 Å². The van der Waals surface area contributed by atoms with Crippen LogP contribution in [0.1, 0.15) is 18.4 Å². The molecule has 1 unspecified atom stereocenters. The first-order chi connectivity index (χ1) is 14.4. The average Bonchev–Trinajstić information content (AvgIpc) is 2.77. The van der Waals surface area contributed by atoms with Crippen molar-refractivity contribution in [3.63, 3.8) is 0 Å². The summed E-state index contributed by atoms with van der Waals surface area (Å²) in [5.41, 5.74) is 1.04. The molecule has 0 saturated carbocycles. The maximum atomic E-state index is 12.9. The number of aryl methyl sites for hydroxylation is 1. The van der Waals surface area contributed by atoms with Crippen LogP contribution in [0.15, 0.2) is 53.4 Å². The number of nitrogens with one attached hydrogen (secondary N) is 1. The fourth-order valence-corrected chi connectivity index (χ4v) is 4.99. The number of carbonyl (C=O) groups excluding carboxylic acids is 1. The summed E-state index contributed by atoms with van der Waals surface area (Å²) in [7, 11) is -2.12. The van der Waals surface area contributed by atoms with Crippen LogP contribution in [-0.4, -0.2) is 52.0 Å². The van der Waals surface area contributed by atoms with E-state index in [0.717, 1.165) is 11.3 Å². The third-order valence-electron chi connectivity index (χ3n) is 5.20. The lowest BCUT2D eigenvalue weighted by molar-refractivity contribution is -0.126. The Balaban J connectivity index is 1.53. The predicted molar refractivity (Wildman–Crippen MR) is 114 cm³/mol. The SMILES string of the molecule is COc1ccc(S(=O)(=O)N2CCCC(C(=O)NCCOc3ccccc3C)C2)cc1. The van der Waals surface area contributed by atoms with Crippen molar-refractivity contribution in [2.45, 2.75) is 24.7 Å². The third-order valence-corrected chi connectivity index (χ3v) is 7.08. The summed E-state index contributed by atoms with van der Waals surface area (Å²) < 4.78 is 38.1. The van der Waals surface area contributed by atoms with E-state index in [1.165, 1.54) is 23.5 Å². The van der Waals surface area contributed by atoms with Gasteiger partial charge in [0, 0.05) is 13.1 Å². The molecule has 1 amide bonds. The van der Waals surface area contributed by atoms with Gasteiger partial charge in [-0.1, -0.05) is 18.2 Å². The number of para-hydroxylation sites is 1. The molecule has 1 atom stereocenters. The number of methoxy groups -OCH3 is 1. The van der Waals surface area contributed by atoms with Gasteiger partial charge in [0.2, 0.25) is 15.9 Å². The van der Waals surface area contributed by atoms with Crippen LogP contribution in [0.25, 0.3) is 0 Å². The highest BCUT2D eigenvalue weighted by atomic mass is 32.2. The second kappa shape index (κ2) is 9.95. The van der Waals surface area contributed by atoms with Gasteiger partial charge in [0.1, 0.15) is 18.1 Å². The molecule has 1 saturated heterocycles. The molecule has 2 aromatic rings. The standard InChI is InChI=1S/C22H28N2O5S/c1-17-6-3-4-8-21(17)29-15-13-23-22(25)18-7-5-14-24(16-18)30(26,27)20-11-9-19(28-2)10-12-20/h3-4,6,8-12,18H,5,7,13-16H2,1-2H3,(H,23,25). The maximum absolute atomic E-state index is 12.9. The Bertz CT molecular complexity index is 960. The van der Waals surface area contributed by atoms with E-state index >= 15 is 0 Å². The molecule has 30 heavy (non-hydrogen) atoms. The molecule has 1 N–H and O–H groups in total. The topological polar surface area (TPSA) is 84.9 Å². The fourth-order valence-electron chi connectivity index (χ4n) is 3.47. The fraction of sp³-hybridized carbons (Fsp3) is 0.409. The van der Waals surface area contributed by atoms with Crippen molar-refractivity contribution in [3.8, 4) is 11.5 Å². The van der Waals surface area contributed by atoms with Gasteiger partial charge in [-0.05, 0) is 55.7 Å². The van der Waals surface area contributed by atoms with Crippen LogP contribution in [-0.2, 0) is 14.8 Å². The van der Waals surface area contributed by atoms with E-state index in [0.29, 0.717) is 38.3 Å². The van der Waals surface area contributed by atoms with Gasteiger partial charge >= 0.3 is 0 Å². The number of nitrogens with zero attached hydrogens (tertiary/aromatic N) is 1. The molecule has 0 aliphatic carbocycles. The predicted octanol–water partition coefficient (Wildman–Crippen LogP) is 2.60. The molecule has 0 spiro atoms. The minimum atomic E-state index is -3.65. The number of sulfonamides is 1. The van der Waals surface area contributed by atoms with Gasteiger partial charge in [0.25, 0.3) is 0 Å². The Hall–Kier alpha value is -2.58. The first-order valence-corrected chi connectivity index (χ1v) is 11.5. The molecule has 0 bridgehead atoms. The van der Waals surface area contributed by atoms with Gasteiger partial charge in [0.05, 0.1) is 24.5 Å². The number of hydrogen-bond acceptors (Lipinski definition) is 5. The first-order valence-electron chi connectivity index (χ1n) is 10.0. The highest BCUT2D eigenvalue weighted by molar-refractivity contribution is 7.89. The molecule has 1 aliphatic rings. The molecule has 0 radical (unpaired) electrons. The zero-order valence-corrected chi connectivity index (χ0v) is 18.2. The highest BCUT2D eigenvalue weighted by Crippen LogP contribution is 2.25. The lowest BCUT2D eigenvalue weighted by Gasteiger charge is -2.31. The lowest BCUT2D eigenvalue weighted by atomic mass is 9.99. The third kappa shape index (κ3) is 5.31. The average molecular weight is 433 g/mol. The molecule has 2 aromatic carbocycles. The molecule has 1 fully saturated rings. The summed E-state index contributed by atoms with van der Waals surface area (Å²) >= 11 is 0. The number of amides is 1. The van der Waals surface area contributed by atoms with E-state index in [-0.39, 0.29) is 23.3 Å². The zero-order valence-electron chi connectivity index (χ0n) is 17.3. The van der Waals surface area contributed by atoms with E-state index in [9.17, 15) is 13.2 Å².